The molecule has 0 saturated heterocycles. The lowest BCUT2D eigenvalue weighted by atomic mass is 10.2. The van der Waals surface area contributed by atoms with Crippen molar-refractivity contribution in [1.82, 2.24) is 10.2 Å². The van der Waals surface area contributed by atoms with Crippen LogP contribution in [0.5, 0.6) is 5.75 Å². The van der Waals surface area contributed by atoms with Gasteiger partial charge in [-0.15, -0.1) is 0 Å². The largest absolute Gasteiger partial charge is 0.423 e. The zero-order chi connectivity index (χ0) is 19.2. The van der Waals surface area contributed by atoms with Crippen molar-refractivity contribution in [1.29, 1.82) is 0 Å². The van der Waals surface area contributed by atoms with Gasteiger partial charge in [0.25, 0.3) is 5.56 Å². The second-order valence-corrected chi connectivity index (χ2v) is 5.64. The van der Waals surface area contributed by atoms with Gasteiger partial charge in [-0.3, -0.25) is 10.2 Å². The summed E-state index contributed by atoms with van der Waals surface area (Å²) in [6, 6.07) is 11.6. The van der Waals surface area contributed by atoms with E-state index >= 15 is 0 Å². The molecule has 1 aromatic heterocycles. The van der Waals surface area contributed by atoms with Crippen LogP contribution in [0.3, 0.4) is 0 Å². The molecule has 27 heavy (non-hydrogen) atoms. The second-order valence-electron chi connectivity index (χ2n) is 5.26. The number of anilines is 1. The molecule has 3 aromatic rings. The van der Waals surface area contributed by atoms with Gasteiger partial charge in [0.2, 0.25) is 0 Å². The van der Waals surface area contributed by atoms with Crippen LogP contribution in [0.1, 0.15) is 15.9 Å². The van der Waals surface area contributed by atoms with Crippen LogP contribution < -0.4 is 15.7 Å². The van der Waals surface area contributed by atoms with Crippen molar-refractivity contribution in [2.24, 2.45) is 5.10 Å². The smallest absolute Gasteiger partial charge is 0.343 e. The van der Waals surface area contributed by atoms with E-state index in [-0.39, 0.29) is 16.3 Å². The third-order valence-electron chi connectivity index (χ3n) is 3.36. The monoisotopic (exact) mass is 386 g/mol. The molecule has 0 aliphatic heterocycles. The number of hydrazone groups is 1. The van der Waals surface area contributed by atoms with E-state index in [1.54, 1.807) is 24.3 Å². The Labute approximate surface area is 157 Å². The van der Waals surface area contributed by atoms with Gasteiger partial charge in [0, 0.05) is 0 Å². The summed E-state index contributed by atoms with van der Waals surface area (Å²) in [5.41, 5.74) is 3.31. The molecule has 9 heteroatoms. The Kier molecular flexibility index (Phi) is 5.58. The van der Waals surface area contributed by atoms with E-state index in [9.17, 15) is 14.0 Å². The predicted molar refractivity (Wildman–Crippen MR) is 98.9 cm³/mol. The molecule has 0 bridgehead atoms. The molecule has 1 heterocycles. The van der Waals surface area contributed by atoms with Crippen molar-refractivity contribution >= 4 is 29.5 Å². The van der Waals surface area contributed by atoms with Gasteiger partial charge in [-0.05, 0) is 54.1 Å². The fraction of sp³-hybridized carbons (Fsp3) is 0. The van der Waals surface area contributed by atoms with Gasteiger partial charge < -0.3 is 4.74 Å². The lowest BCUT2D eigenvalue weighted by Gasteiger charge is -2.05. The van der Waals surface area contributed by atoms with E-state index in [0.29, 0.717) is 11.3 Å². The Bertz CT molecular complexity index is 1030. The number of halogens is 2. The van der Waals surface area contributed by atoms with Gasteiger partial charge in [-0.2, -0.15) is 10.2 Å². The Morgan fingerprint density at radius 3 is 2.59 bits per heavy atom. The first-order valence-electron chi connectivity index (χ1n) is 7.63. The Balaban J connectivity index is 1.61. The van der Waals surface area contributed by atoms with Crippen molar-refractivity contribution in [2.75, 3.05) is 5.43 Å². The second kappa shape index (κ2) is 8.24. The standard InChI is InChI=1S/C18H12ClFN4O3/c19-16-15(10-22-24-17(16)25)23-21-9-11-1-7-14(8-2-11)27-18(26)12-3-5-13(20)6-4-12/h1-10H,(H2,23,24,25)/b21-9-. The van der Waals surface area contributed by atoms with E-state index in [4.69, 9.17) is 16.3 Å². The van der Waals surface area contributed by atoms with E-state index < -0.39 is 17.3 Å². The van der Waals surface area contributed by atoms with Crippen molar-refractivity contribution < 1.29 is 13.9 Å². The number of ether oxygens (including phenoxy) is 1. The van der Waals surface area contributed by atoms with Crippen LogP contribution >= 0.6 is 11.6 Å². The predicted octanol–water partition coefficient (Wildman–Crippen LogP) is 3.23. The molecule has 2 N–H and O–H groups in total. The Morgan fingerprint density at radius 1 is 1.19 bits per heavy atom. The maximum Gasteiger partial charge on any atom is 0.343 e. The Hall–Kier alpha value is -3.52. The van der Waals surface area contributed by atoms with Gasteiger partial charge in [-0.25, -0.2) is 14.3 Å². The first-order valence-corrected chi connectivity index (χ1v) is 8.01. The maximum absolute atomic E-state index is 12.9. The van der Waals surface area contributed by atoms with Crippen LogP contribution in [-0.2, 0) is 0 Å². The number of nitrogens with one attached hydrogen (secondary N) is 2. The minimum atomic E-state index is -0.588. The van der Waals surface area contributed by atoms with Crippen LogP contribution in [0.15, 0.2) is 64.6 Å². The number of hydrogen-bond donors (Lipinski definition) is 2. The summed E-state index contributed by atoms with van der Waals surface area (Å²) < 4.78 is 18.1. The molecule has 0 atom stereocenters. The van der Waals surface area contributed by atoms with Crippen LogP contribution in [0.25, 0.3) is 0 Å². The molecule has 0 spiro atoms. The summed E-state index contributed by atoms with van der Waals surface area (Å²) in [5.74, 6) is -0.688. The lowest BCUT2D eigenvalue weighted by molar-refractivity contribution is 0.0734. The Morgan fingerprint density at radius 2 is 1.89 bits per heavy atom. The molecule has 0 fully saturated rings. The lowest BCUT2D eigenvalue weighted by Crippen LogP contribution is -2.10. The average Bonchev–Trinajstić information content (AvgIpc) is 2.67. The fourth-order valence-electron chi connectivity index (χ4n) is 2.01. The first kappa shape index (κ1) is 18.3. The van der Waals surface area contributed by atoms with E-state index in [2.05, 4.69) is 20.7 Å². The molecule has 0 aliphatic carbocycles. The molecule has 0 aliphatic rings. The van der Waals surface area contributed by atoms with Gasteiger partial charge in [0.1, 0.15) is 22.3 Å². The number of H-pyrrole nitrogens is 1. The third-order valence-corrected chi connectivity index (χ3v) is 3.74. The fourth-order valence-corrected chi connectivity index (χ4v) is 2.14. The highest BCUT2D eigenvalue weighted by Crippen LogP contribution is 2.15. The van der Waals surface area contributed by atoms with E-state index in [1.807, 2.05) is 0 Å². The number of aromatic nitrogens is 2. The van der Waals surface area contributed by atoms with Crippen LogP contribution in [0.2, 0.25) is 5.02 Å². The molecule has 0 radical (unpaired) electrons. The minimum Gasteiger partial charge on any atom is -0.423 e. The number of aromatic amines is 1. The highest BCUT2D eigenvalue weighted by Gasteiger charge is 2.08. The number of rotatable bonds is 5. The summed E-state index contributed by atoms with van der Waals surface area (Å²) in [4.78, 5) is 23.3. The molecule has 3 rings (SSSR count). The van der Waals surface area contributed by atoms with Crippen LogP contribution in [0.4, 0.5) is 10.1 Å². The van der Waals surface area contributed by atoms with Crippen LogP contribution in [0, 0.1) is 5.82 Å². The maximum atomic E-state index is 12.9. The molecule has 2 aromatic carbocycles. The molecule has 0 unspecified atom stereocenters. The number of nitrogens with zero attached hydrogens (tertiary/aromatic N) is 2. The number of benzene rings is 2. The van der Waals surface area contributed by atoms with Gasteiger partial charge in [0.15, 0.2) is 0 Å². The molecule has 7 nitrogen and oxygen atoms in total. The van der Waals surface area contributed by atoms with Crippen LogP contribution in [-0.4, -0.2) is 22.4 Å². The third kappa shape index (κ3) is 4.77. The summed E-state index contributed by atoms with van der Waals surface area (Å²) >= 11 is 5.81. The first-order chi connectivity index (χ1) is 13.0. The minimum absolute atomic E-state index is 0.0507. The average molecular weight is 387 g/mol. The topological polar surface area (TPSA) is 96.4 Å². The van der Waals surface area contributed by atoms with Gasteiger partial charge in [-0.1, -0.05) is 11.6 Å². The van der Waals surface area contributed by atoms with E-state index in [0.717, 1.165) is 0 Å². The van der Waals surface area contributed by atoms with Gasteiger partial charge in [0.05, 0.1) is 18.0 Å². The number of carbonyl (C=O) groups excluding carboxylic acids is 1. The van der Waals surface area contributed by atoms with Crippen molar-refractivity contribution in [3.63, 3.8) is 0 Å². The molecule has 136 valence electrons. The molecular formula is C18H12ClFN4O3. The van der Waals surface area contributed by atoms with Crippen molar-refractivity contribution in [3.8, 4) is 5.75 Å². The molecular weight excluding hydrogens is 375 g/mol. The zero-order valence-corrected chi connectivity index (χ0v) is 14.4. The zero-order valence-electron chi connectivity index (χ0n) is 13.6. The van der Waals surface area contributed by atoms with Crippen molar-refractivity contribution in [3.05, 3.63) is 87.0 Å². The highest BCUT2D eigenvalue weighted by atomic mass is 35.5. The number of hydrogen-bond acceptors (Lipinski definition) is 6. The molecule has 0 saturated carbocycles. The quantitative estimate of drug-likeness (QED) is 0.304. The normalized spacial score (nSPS) is 10.7. The molecule has 0 amide bonds. The number of carbonyl (C=O) groups is 1. The van der Waals surface area contributed by atoms with E-state index in [1.165, 1.54) is 36.7 Å². The summed E-state index contributed by atoms with van der Waals surface area (Å²) in [6.45, 7) is 0. The SMILES string of the molecule is O=C(Oc1ccc(/C=N\Nc2cn[nH]c(=O)c2Cl)cc1)c1ccc(F)cc1. The van der Waals surface area contributed by atoms with Crippen molar-refractivity contribution in [2.45, 2.75) is 0 Å². The van der Waals surface area contributed by atoms with Gasteiger partial charge >= 0.3 is 5.97 Å². The summed E-state index contributed by atoms with van der Waals surface area (Å²) in [5, 5.41) is 9.72. The summed E-state index contributed by atoms with van der Waals surface area (Å²) in [7, 11) is 0. The highest BCUT2D eigenvalue weighted by molar-refractivity contribution is 6.32. The summed E-state index contributed by atoms with van der Waals surface area (Å²) in [6.07, 6.45) is 2.82. The number of esters is 1.